The molecule has 0 aromatic rings. The summed E-state index contributed by atoms with van der Waals surface area (Å²) in [4.78, 5) is 0. The Balaban J connectivity index is 1.66. The van der Waals surface area contributed by atoms with Crippen molar-refractivity contribution in [2.75, 3.05) is 26.4 Å². The molecule has 2 fully saturated rings. The van der Waals surface area contributed by atoms with Crippen molar-refractivity contribution in [3.63, 3.8) is 0 Å². The summed E-state index contributed by atoms with van der Waals surface area (Å²) in [6, 6.07) is 0.622. The molecular weight excluding hydrogens is 238 g/mol. The highest BCUT2D eigenvalue weighted by molar-refractivity contribution is 4.81. The quantitative estimate of drug-likeness (QED) is 0.804. The van der Waals surface area contributed by atoms with Crippen LogP contribution in [0.1, 0.15) is 46.5 Å². The zero-order chi connectivity index (χ0) is 13.7. The fraction of sp³-hybridized carbons (Fsp3) is 1.00. The molecule has 0 aromatic carbocycles. The topological polar surface area (TPSA) is 30.5 Å². The van der Waals surface area contributed by atoms with Crippen molar-refractivity contribution in [3.05, 3.63) is 0 Å². The summed E-state index contributed by atoms with van der Waals surface area (Å²) >= 11 is 0. The van der Waals surface area contributed by atoms with Gasteiger partial charge in [0, 0.05) is 32.4 Å². The first-order chi connectivity index (χ1) is 9.16. The van der Waals surface area contributed by atoms with E-state index >= 15 is 0 Å². The van der Waals surface area contributed by atoms with Crippen LogP contribution in [0.3, 0.4) is 0 Å². The molecule has 0 aliphatic carbocycles. The van der Waals surface area contributed by atoms with E-state index in [1.807, 2.05) is 0 Å². The lowest BCUT2D eigenvalue weighted by Crippen LogP contribution is -2.37. The average Bonchev–Trinajstić information content (AvgIpc) is 2.86. The van der Waals surface area contributed by atoms with E-state index in [2.05, 4.69) is 26.1 Å². The summed E-state index contributed by atoms with van der Waals surface area (Å²) in [6.45, 7) is 10.9. The minimum atomic E-state index is 0.461. The van der Waals surface area contributed by atoms with Gasteiger partial charge in [0.1, 0.15) is 0 Å². The summed E-state index contributed by atoms with van der Waals surface area (Å²) in [7, 11) is 0. The summed E-state index contributed by atoms with van der Waals surface area (Å²) in [6.07, 6.45) is 5.46. The van der Waals surface area contributed by atoms with E-state index in [1.54, 1.807) is 0 Å². The molecule has 2 heterocycles. The second-order valence-corrected chi connectivity index (χ2v) is 6.73. The molecule has 2 aliphatic rings. The molecule has 0 spiro atoms. The Bertz CT molecular complexity index is 251. The van der Waals surface area contributed by atoms with Gasteiger partial charge >= 0.3 is 0 Å². The number of rotatable bonds is 6. The molecule has 2 rings (SSSR count). The lowest BCUT2D eigenvalue weighted by molar-refractivity contribution is 0.0513. The maximum Gasteiger partial charge on any atom is 0.0639 e. The lowest BCUT2D eigenvalue weighted by atomic mass is 9.91. The minimum absolute atomic E-state index is 0.461. The Morgan fingerprint density at radius 1 is 1.05 bits per heavy atom. The standard InChI is InChI=1S/C16H31NO2/c1-12(2)16-15(6-9-19-16)11-17-13(3)10-14-4-7-18-8-5-14/h12-17H,4-11H2,1-3H3/t13-,15-,16-/m1/s1. The first-order valence-electron chi connectivity index (χ1n) is 8.09. The molecule has 2 saturated heterocycles. The average molecular weight is 269 g/mol. The third kappa shape index (κ3) is 4.73. The van der Waals surface area contributed by atoms with E-state index < -0.39 is 0 Å². The SMILES string of the molecule is CC(C)[C@H]1OCC[C@@H]1CN[C@H](C)CC1CCOCC1. The second kappa shape index (κ2) is 7.61. The monoisotopic (exact) mass is 269 g/mol. The van der Waals surface area contributed by atoms with Gasteiger partial charge in [0.15, 0.2) is 0 Å². The van der Waals surface area contributed by atoms with E-state index in [1.165, 1.54) is 25.7 Å². The predicted molar refractivity (Wildman–Crippen MR) is 78.3 cm³/mol. The number of ether oxygens (including phenoxy) is 2. The zero-order valence-corrected chi connectivity index (χ0v) is 12.9. The summed E-state index contributed by atoms with van der Waals surface area (Å²) in [5.74, 6) is 2.20. The van der Waals surface area contributed by atoms with Crippen LogP contribution in [0.25, 0.3) is 0 Å². The maximum absolute atomic E-state index is 5.85. The molecule has 0 radical (unpaired) electrons. The first-order valence-corrected chi connectivity index (χ1v) is 8.09. The van der Waals surface area contributed by atoms with Crippen molar-refractivity contribution in [2.45, 2.75) is 58.6 Å². The molecule has 112 valence electrons. The van der Waals surface area contributed by atoms with Crippen LogP contribution in [0.4, 0.5) is 0 Å². The molecule has 3 heteroatoms. The molecule has 0 aromatic heterocycles. The highest BCUT2D eigenvalue weighted by atomic mass is 16.5. The van der Waals surface area contributed by atoms with Gasteiger partial charge in [-0.3, -0.25) is 0 Å². The minimum Gasteiger partial charge on any atom is -0.381 e. The summed E-state index contributed by atoms with van der Waals surface area (Å²) in [5, 5.41) is 3.74. The van der Waals surface area contributed by atoms with Gasteiger partial charge in [-0.05, 0) is 50.4 Å². The molecule has 0 unspecified atom stereocenters. The van der Waals surface area contributed by atoms with Crippen molar-refractivity contribution < 1.29 is 9.47 Å². The molecular formula is C16H31NO2. The van der Waals surface area contributed by atoms with Crippen molar-refractivity contribution in [3.8, 4) is 0 Å². The van der Waals surface area contributed by atoms with Gasteiger partial charge in [-0.2, -0.15) is 0 Å². The molecule has 19 heavy (non-hydrogen) atoms. The number of hydrogen-bond acceptors (Lipinski definition) is 3. The Labute approximate surface area is 118 Å². The molecule has 3 atom stereocenters. The van der Waals surface area contributed by atoms with E-state index in [4.69, 9.17) is 9.47 Å². The fourth-order valence-corrected chi connectivity index (χ4v) is 3.53. The van der Waals surface area contributed by atoms with Gasteiger partial charge in [0.25, 0.3) is 0 Å². The van der Waals surface area contributed by atoms with Gasteiger partial charge in [0.2, 0.25) is 0 Å². The van der Waals surface area contributed by atoms with Gasteiger partial charge in [-0.25, -0.2) is 0 Å². The van der Waals surface area contributed by atoms with Crippen LogP contribution in [0.15, 0.2) is 0 Å². The van der Waals surface area contributed by atoms with Crippen LogP contribution < -0.4 is 5.32 Å². The van der Waals surface area contributed by atoms with Crippen LogP contribution in [0, 0.1) is 17.8 Å². The van der Waals surface area contributed by atoms with Crippen LogP contribution >= 0.6 is 0 Å². The predicted octanol–water partition coefficient (Wildman–Crippen LogP) is 2.84. The molecule has 1 N–H and O–H groups in total. The number of nitrogens with one attached hydrogen (secondary N) is 1. The Morgan fingerprint density at radius 3 is 2.47 bits per heavy atom. The Kier molecular flexibility index (Phi) is 6.11. The normalized spacial score (nSPS) is 30.9. The summed E-state index contributed by atoms with van der Waals surface area (Å²) in [5.41, 5.74) is 0. The second-order valence-electron chi connectivity index (χ2n) is 6.73. The molecule has 0 bridgehead atoms. The van der Waals surface area contributed by atoms with Crippen molar-refractivity contribution in [1.29, 1.82) is 0 Å². The third-order valence-electron chi connectivity index (χ3n) is 4.68. The van der Waals surface area contributed by atoms with Crippen LogP contribution in [0.2, 0.25) is 0 Å². The van der Waals surface area contributed by atoms with Gasteiger partial charge in [-0.15, -0.1) is 0 Å². The third-order valence-corrected chi connectivity index (χ3v) is 4.68. The fourth-order valence-electron chi connectivity index (χ4n) is 3.53. The van der Waals surface area contributed by atoms with Crippen LogP contribution in [-0.4, -0.2) is 38.5 Å². The molecule has 0 amide bonds. The van der Waals surface area contributed by atoms with Crippen LogP contribution in [-0.2, 0) is 9.47 Å². The molecule has 3 nitrogen and oxygen atoms in total. The summed E-state index contributed by atoms with van der Waals surface area (Å²) < 4.78 is 11.3. The van der Waals surface area contributed by atoms with Gasteiger partial charge in [-0.1, -0.05) is 13.8 Å². The van der Waals surface area contributed by atoms with Crippen molar-refractivity contribution in [1.82, 2.24) is 5.32 Å². The van der Waals surface area contributed by atoms with Crippen molar-refractivity contribution >= 4 is 0 Å². The van der Waals surface area contributed by atoms with E-state index in [0.29, 0.717) is 24.0 Å². The highest BCUT2D eigenvalue weighted by Crippen LogP contribution is 2.26. The maximum atomic E-state index is 5.85. The molecule has 2 aliphatic heterocycles. The molecule has 0 saturated carbocycles. The largest absolute Gasteiger partial charge is 0.381 e. The van der Waals surface area contributed by atoms with E-state index in [9.17, 15) is 0 Å². The highest BCUT2D eigenvalue weighted by Gasteiger charge is 2.30. The Morgan fingerprint density at radius 2 is 1.79 bits per heavy atom. The zero-order valence-electron chi connectivity index (χ0n) is 12.9. The van der Waals surface area contributed by atoms with Crippen molar-refractivity contribution in [2.24, 2.45) is 17.8 Å². The van der Waals surface area contributed by atoms with Gasteiger partial charge in [0.05, 0.1) is 6.10 Å². The smallest absolute Gasteiger partial charge is 0.0639 e. The first kappa shape index (κ1) is 15.3. The van der Waals surface area contributed by atoms with E-state index in [-0.39, 0.29) is 0 Å². The lowest BCUT2D eigenvalue weighted by Gasteiger charge is -2.27. The van der Waals surface area contributed by atoms with E-state index in [0.717, 1.165) is 32.3 Å². The van der Waals surface area contributed by atoms with Crippen LogP contribution in [0.5, 0.6) is 0 Å². The number of hydrogen-bond donors (Lipinski definition) is 1. The van der Waals surface area contributed by atoms with Gasteiger partial charge < -0.3 is 14.8 Å². The Hall–Kier alpha value is -0.120.